The third-order valence-electron chi connectivity index (χ3n) is 3.80. The molecule has 29 heavy (non-hydrogen) atoms. The number of benzene rings is 1. The van der Waals surface area contributed by atoms with E-state index < -0.39 is 23.2 Å². The fraction of sp³-hybridized carbons (Fsp3) is 0.350. The van der Waals surface area contributed by atoms with E-state index in [1.165, 1.54) is 6.92 Å². The number of hydrogen-bond acceptors (Lipinski definition) is 7. The molecule has 1 atom stereocenters. The maximum absolute atomic E-state index is 12.7. The molecule has 0 radical (unpaired) electrons. The highest BCUT2D eigenvalue weighted by molar-refractivity contribution is 9.10. The second-order valence-corrected chi connectivity index (χ2v) is 7.57. The number of imide groups is 1. The quantitative estimate of drug-likeness (QED) is 0.316. The van der Waals surface area contributed by atoms with Crippen molar-refractivity contribution in [2.24, 2.45) is 0 Å². The highest BCUT2D eigenvalue weighted by Gasteiger charge is 2.41. The van der Waals surface area contributed by atoms with Gasteiger partial charge in [0.25, 0.3) is 11.1 Å². The summed E-state index contributed by atoms with van der Waals surface area (Å²) in [5.74, 6) is 2.11. The Balaban J connectivity index is 2.35. The molecule has 7 nitrogen and oxygen atoms in total. The summed E-state index contributed by atoms with van der Waals surface area (Å²) in [6, 6.07) is 2.36. The van der Waals surface area contributed by atoms with Crippen molar-refractivity contribution in [2.75, 3.05) is 19.8 Å². The minimum absolute atomic E-state index is 0.0799. The molecule has 1 aliphatic rings. The number of nitrogens with zero attached hydrogens (tertiary/aromatic N) is 1. The predicted molar refractivity (Wildman–Crippen MR) is 114 cm³/mol. The number of amides is 2. The van der Waals surface area contributed by atoms with Crippen molar-refractivity contribution in [3.05, 3.63) is 27.1 Å². The van der Waals surface area contributed by atoms with Crippen molar-refractivity contribution in [2.45, 2.75) is 26.8 Å². The van der Waals surface area contributed by atoms with Gasteiger partial charge in [-0.2, -0.15) is 0 Å². The average Bonchev–Trinajstić information content (AvgIpc) is 2.96. The highest BCUT2D eigenvalue weighted by Crippen LogP contribution is 2.38. The van der Waals surface area contributed by atoms with Crippen molar-refractivity contribution in [3.8, 4) is 23.8 Å². The van der Waals surface area contributed by atoms with Crippen LogP contribution >= 0.6 is 27.7 Å². The lowest BCUT2D eigenvalue weighted by Gasteiger charge is -2.19. The zero-order valence-electron chi connectivity index (χ0n) is 16.2. The van der Waals surface area contributed by atoms with Gasteiger partial charge in [-0.3, -0.25) is 14.5 Å². The molecule has 1 aromatic carbocycles. The molecule has 1 saturated heterocycles. The molecule has 9 heteroatoms. The third kappa shape index (κ3) is 5.34. The van der Waals surface area contributed by atoms with Gasteiger partial charge in [0.15, 0.2) is 11.5 Å². The monoisotopic (exact) mass is 481 g/mol. The fourth-order valence-electron chi connectivity index (χ4n) is 2.49. The largest absolute Gasteiger partial charge is 0.490 e. The summed E-state index contributed by atoms with van der Waals surface area (Å²) in [5, 5.41) is -0.531. The van der Waals surface area contributed by atoms with Gasteiger partial charge in [0.1, 0.15) is 12.6 Å². The lowest BCUT2D eigenvalue weighted by molar-refractivity contribution is -0.150. The van der Waals surface area contributed by atoms with E-state index in [1.54, 1.807) is 25.1 Å². The van der Waals surface area contributed by atoms with E-state index in [1.807, 2.05) is 6.92 Å². The van der Waals surface area contributed by atoms with Gasteiger partial charge in [-0.25, -0.2) is 4.79 Å². The number of rotatable bonds is 8. The Bertz CT molecular complexity index is 892. The van der Waals surface area contributed by atoms with Crippen molar-refractivity contribution < 1.29 is 28.6 Å². The number of terminal acetylenes is 1. The van der Waals surface area contributed by atoms with Gasteiger partial charge in [0.05, 0.1) is 18.1 Å². The number of hydrogen-bond donors (Lipinski definition) is 0. The zero-order chi connectivity index (χ0) is 21.6. The van der Waals surface area contributed by atoms with Crippen LogP contribution in [0.2, 0.25) is 0 Å². The zero-order valence-corrected chi connectivity index (χ0v) is 18.6. The lowest BCUT2D eigenvalue weighted by atomic mass is 10.1. The second-order valence-electron chi connectivity index (χ2n) is 5.73. The van der Waals surface area contributed by atoms with Crippen molar-refractivity contribution in [1.29, 1.82) is 0 Å². The Hall–Kier alpha value is -2.44. The van der Waals surface area contributed by atoms with Crippen LogP contribution in [0.25, 0.3) is 6.08 Å². The number of carbonyl (C=O) groups excluding carboxylic acids is 3. The summed E-state index contributed by atoms with van der Waals surface area (Å²) in [4.78, 5) is 38.0. The van der Waals surface area contributed by atoms with Crippen LogP contribution in [0.1, 0.15) is 26.3 Å². The lowest BCUT2D eigenvalue weighted by Crippen LogP contribution is -2.42. The van der Waals surface area contributed by atoms with Gasteiger partial charge in [0.2, 0.25) is 0 Å². The summed E-state index contributed by atoms with van der Waals surface area (Å²) in [6.45, 7) is 5.59. The van der Waals surface area contributed by atoms with Gasteiger partial charge >= 0.3 is 5.97 Å². The fourth-order valence-corrected chi connectivity index (χ4v) is 3.82. The van der Waals surface area contributed by atoms with Crippen LogP contribution in [-0.2, 0) is 14.3 Å². The van der Waals surface area contributed by atoms with Crippen LogP contribution in [0, 0.1) is 12.3 Å². The smallest absolute Gasteiger partial charge is 0.329 e. The molecule has 2 rings (SSSR count). The third-order valence-corrected chi connectivity index (χ3v) is 5.37. The van der Waals surface area contributed by atoms with E-state index in [9.17, 15) is 14.4 Å². The molecule has 1 heterocycles. The summed E-state index contributed by atoms with van der Waals surface area (Å²) >= 11 is 4.19. The number of carbonyl (C=O) groups is 3. The maximum atomic E-state index is 12.7. The van der Waals surface area contributed by atoms with E-state index in [2.05, 4.69) is 21.9 Å². The molecule has 1 aromatic rings. The summed E-state index contributed by atoms with van der Waals surface area (Å²) in [6.07, 6.45) is 6.79. The first-order valence-corrected chi connectivity index (χ1v) is 10.4. The van der Waals surface area contributed by atoms with Crippen LogP contribution in [-0.4, -0.2) is 47.9 Å². The van der Waals surface area contributed by atoms with E-state index in [0.717, 1.165) is 16.7 Å². The number of thioether (sulfide) groups is 1. The molecular formula is C20H20BrNO6S. The number of ether oxygens (including phenoxy) is 3. The first-order chi connectivity index (χ1) is 13.8. The molecule has 1 aliphatic heterocycles. The molecule has 1 fully saturated rings. The maximum Gasteiger partial charge on any atom is 0.329 e. The molecule has 0 saturated carbocycles. The molecule has 0 aromatic heterocycles. The minimum Gasteiger partial charge on any atom is -0.490 e. The van der Waals surface area contributed by atoms with Crippen LogP contribution < -0.4 is 9.47 Å². The Morgan fingerprint density at radius 1 is 1.28 bits per heavy atom. The van der Waals surface area contributed by atoms with Gasteiger partial charge < -0.3 is 14.2 Å². The van der Waals surface area contributed by atoms with E-state index in [0.29, 0.717) is 28.1 Å². The van der Waals surface area contributed by atoms with Crippen molar-refractivity contribution in [1.82, 2.24) is 4.90 Å². The Labute approximate surface area is 181 Å². The van der Waals surface area contributed by atoms with Gasteiger partial charge in [-0.15, -0.1) is 6.42 Å². The van der Waals surface area contributed by atoms with Crippen LogP contribution in [0.15, 0.2) is 21.5 Å². The normalized spacial score (nSPS) is 16.0. The standard InChI is InChI=1S/C20H20BrNO6S/c1-5-8-28-16-11-14(21)13(9-15(16)26-6-2)10-17-18(23)22(20(25)29-17)12(4)19(24)27-7-3/h1,9-12H,6-8H2,2-4H3/b17-10-/t12-/m1/s1. The molecule has 0 N–H and O–H groups in total. The van der Waals surface area contributed by atoms with Gasteiger partial charge in [-0.05, 0) is 56.3 Å². The molecule has 0 spiro atoms. The predicted octanol–water partition coefficient (Wildman–Crippen LogP) is 3.85. The van der Waals surface area contributed by atoms with Gasteiger partial charge in [0, 0.05) is 4.47 Å². The Kier molecular flexibility index (Phi) is 8.17. The van der Waals surface area contributed by atoms with E-state index >= 15 is 0 Å². The number of halogens is 1. The van der Waals surface area contributed by atoms with Crippen molar-refractivity contribution in [3.63, 3.8) is 0 Å². The summed E-state index contributed by atoms with van der Waals surface area (Å²) in [5.41, 5.74) is 0.607. The first-order valence-electron chi connectivity index (χ1n) is 8.80. The van der Waals surface area contributed by atoms with Crippen LogP contribution in [0.4, 0.5) is 4.79 Å². The summed E-state index contributed by atoms with van der Waals surface area (Å²) in [7, 11) is 0. The van der Waals surface area contributed by atoms with Crippen molar-refractivity contribution >= 4 is 50.9 Å². The molecule has 2 amide bonds. The minimum atomic E-state index is -1.00. The Morgan fingerprint density at radius 3 is 2.59 bits per heavy atom. The van der Waals surface area contributed by atoms with Gasteiger partial charge in [-0.1, -0.05) is 21.9 Å². The Morgan fingerprint density at radius 2 is 1.97 bits per heavy atom. The summed E-state index contributed by atoms with van der Waals surface area (Å²) < 4.78 is 16.6. The molecule has 0 unspecified atom stereocenters. The SMILES string of the molecule is C#CCOc1cc(Br)c(/C=C2\SC(=O)N([C@H](C)C(=O)OCC)C2=O)cc1OCC. The number of esters is 1. The second kappa shape index (κ2) is 10.4. The van der Waals surface area contributed by atoms with E-state index in [4.69, 9.17) is 20.6 Å². The average molecular weight is 482 g/mol. The topological polar surface area (TPSA) is 82.1 Å². The molecule has 0 aliphatic carbocycles. The molecule has 154 valence electrons. The van der Waals surface area contributed by atoms with Crippen LogP contribution in [0.3, 0.4) is 0 Å². The van der Waals surface area contributed by atoms with E-state index in [-0.39, 0.29) is 18.1 Å². The first kappa shape index (κ1) is 22.8. The highest BCUT2D eigenvalue weighted by atomic mass is 79.9. The molecule has 0 bridgehead atoms. The molecular weight excluding hydrogens is 462 g/mol. The van der Waals surface area contributed by atoms with Crippen LogP contribution in [0.5, 0.6) is 11.5 Å².